The maximum absolute atomic E-state index is 13.4. The standard InChI is InChI=1S/C26H28F3NO8/c1-25(2,3)36-13-18(23(32)35-5)30-24(33)38-22-20(31)17-10-9-16(34-4)12-19(17)37-21(22)14-7-6-8-15(11-14)26(27,28)29/h6-12,18,21-22H,13H2,1-5H3,(H,30,33)/t18-,21-,22?/m0/s1. The van der Waals surface area contributed by atoms with Gasteiger partial charge in [-0.3, -0.25) is 4.79 Å². The van der Waals surface area contributed by atoms with Crippen LogP contribution in [0, 0.1) is 0 Å². The Morgan fingerprint density at radius 1 is 1.08 bits per heavy atom. The van der Waals surface area contributed by atoms with Crippen LogP contribution in [0.15, 0.2) is 42.5 Å². The number of nitrogens with one attached hydrogen (secondary N) is 1. The predicted molar refractivity (Wildman–Crippen MR) is 127 cm³/mol. The van der Waals surface area contributed by atoms with Gasteiger partial charge in [0.1, 0.15) is 11.5 Å². The third kappa shape index (κ3) is 6.94. The molecule has 3 atom stereocenters. The zero-order valence-corrected chi connectivity index (χ0v) is 21.4. The van der Waals surface area contributed by atoms with E-state index in [2.05, 4.69) is 5.32 Å². The van der Waals surface area contributed by atoms with Crippen LogP contribution >= 0.6 is 0 Å². The molecule has 1 unspecified atom stereocenters. The molecule has 1 N–H and O–H groups in total. The van der Waals surface area contributed by atoms with E-state index in [4.69, 9.17) is 23.7 Å². The van der Waals surface area contributed by atoms with Crippen LogP contribution in [0.3, 0.4) is 0 Å². The van der Waals surface area contributed by atoms with Crippen LogP contribution in [0.1, 0.15) is 48.4 Å². The largest absolute Gasteiger partial charge is 0.497 e. The summed E-state index contributed by atoms with van der Waals surface area (Å²) in [7, 11) is 2.51. The van der Waals surface area contributed by atoms with Crippen molar-refractivity contribution >= 4 is 17.8 Å². The predicted octanol–water partition coefficient (Wildman–Crippen LogP) is 4.48. The number of ether oxygens (including phenoxy) is 5. The van der Waals surface area contributed by atoms with Crippen LogP contribution in [-0.4, -0.2) is 56.4 Å². The molecule has 2 aromatic rings. The van der Waals surface area contributed by atoms with Crippen LogP contribution in [0.2, 0.25) is 0 Å². The molecule has 1 aliphatic rings. The van der Waals surface area contributed by atoms with Crippen molar-refractivity contribution in [2.24, 2.45) is 0 Å². The minimum absolute atomic E-state index is 0.0346. The van der Waals surface area contributed by atoms with Crippen molar-refractivity contribution < 1.29 is 51.2 Å². The van der Waals surface area contributed by atoms with Crippen molar-refractivity contribution in [3.8, 4) is 11.5 Å². The third-order valence-corrected chi connectivity index (χ3v) is 5.48. The molecule has 0 saturated carbocycles. The average molecular weight is 540 g/mol. The summed E-state index contributed by atoms with van der Waals surface area (Å²) in [4.78, 5) is 38.4. The Balaban J connectivity index is 1.94. The number of hydrogen-bond acceptors (Lipinski definition) is 8. The maximum Gasteiger partial charge on any atom is 0.416 e. The number of esters is 1. The van der Waals surface area contributed by atoms with Crippen LogP contribution in [-0.2, 0) is 25.2 Å². The number of benzene rings is 2. The van der Waals surface area contributed by atoms with E-state index < -0.39 is 53.4 Å². The first-order valence-electron chi connectivity index (χ1n) is 11.5. The van der Waals surface area contributed by atoms with Gasteiger partial charge >= 0.3 is 18.2 Å². The SMILES string of the molecule is COC(=O)[C@H](COC(C)(C)C)NC(=O)OC1C(=O)c2ccc(OC)cc2O[C@H]1c1cccc(C(F)(F)F)c1. The van der Waals surface area contributed by atoms with Crippen molar-refractivity contribution in [3.63, 3.8) is 0 Å². The molecular formula is C26H28F3NO8. The molecule has 0 aliphatic carbocycles. The number of carbonyl (C=O) groups is 3. The number of halogens is 3. The molecule has 9 nitrogen and oxygen atoms in total. The highest BCUT2D eigenvalue weighted by Gasteiger charge is 2.43. The first-order valence-corrected chi connectivity index (χ1v) is 11.5. The smallest absolute Gasteiger partial charge is 0.416 e. The highest BCUT2D eigenvalue weighted by molar-refractivity contribution is 6.04. The molecule has 1 heterocycles. The van der Waals surface area contributed by atoms with Crippen molar-refractivity contribution in [1.29, 1.82) is 0 Å². The van der Waals surface area contributed by atoms with Crippen LogP contribution in [0.25, 0.3) is 0 Å². The van der Waals surface area contributed by atoms with Crippen molar-refractivity contribution in [2.75, 3.05) is 20.8 Å². The number of methoxy groups -OCH3 is 2. The number of alkyl carbamates (subject to hydrolysis) is 1. The summed E-state index contributed by atoms with van der Waals surface area (Å²) in [6, 6.07) is 7.15. The van der Waals surface area contributed by atoms with Crippen molar-refractivity contribution in [1.82, 2.24) is 5.32 Å². The van der Waals surface area contributed by atoms with E-state index >= 15 is 0 Å². The molecule has 0 fully saturated rings. The fourth-order valence-corrected chi connectivity index (χ4v) is 3.61. The summed E-state index contributed by atoms with van der Waals surface area (Å²) in [5.74, 6) is -1.16. The van der Waals surface area contributed by atoms with E-state index in [1.54, 1.807) is 20.8 Å². The molecule has 206 valence electrons. The van der Waals surface area contributed by atoms with Gasteiger partial charge in [-0.05, 0) is 50.6 Å². The number of ketones is 1. The lowest BCUT2D eigenvalue weighted by atomic mass is 9.92. The Labute approximate surface area is 217 Å². The summed E-state index contributed by atoms with van der Waals surface area (Å²) < 4.78 is 66.8. The quantitative estimate of drug-likeness (QED) is 0.513. The fourth-order valence-electron chi connectivity index (χ4n) is 3.61. The molecular weight excluding hydrogens is 511 g/mol. The van der Waals surface area contributed by atoms with Gasteiger partial charge in [-0.2, -0.15) is 13.2 Å². The number of hydrogen-bond donors (Lipinski definition) is 1. The zero-order valence-electron chi connectivity index (χ0n) is 21.4. The number of rotatable bonds is 7. The number of carbonyl (C=O) groups excluding carboxylic acids is 3. The van der Waals surface area contributed by atoms with E-state index in [9.17, 15) is 27.6 Å². The lowest BCUT2D eigenvalue weighted by Crippen LogP contribution is -2.49. The fraction of sp³-hybridized carbons (Fsp3) is 0.423. The average Bonchev–Trinajstić information content (AvgIpc) is 2.86. The lowest BCUT2D eigenvalue weighted by Gasteiger charge is -2.33. The molecule has 0 radical (unpaired) electrons. The first-order chi connectivity index (χ1) is 17.7. The van der Waals surface area contributed by atoms with Crippen LogP contribution in [0.4, 0.5) is 18.0 Å². The van der Waals surface area contributed by atoms with Gasteiger partial charge in [0.25, 0.3) is 0 Å². The lowest BCUT2D eigenvalue weighted by molar-refractivity contribution is -0.146. The summed E-state index contributed by atoms with van der Waals surface area (Å²) in [5.41, 5.74) is -1.65. The summed E-state index contributed by atoms with van der Waals surface area (Å²) in [5, 5.41) is 2.29. The summed E-state index contributed by atoms with van der Waals surface area (Å²) >= 11 is 0. The normalized spacial score (nSPS) is 18.1. The van der Waals surface area contributed by atoms with Gasteiger partial charge in [0, 0.05) is 6.07 Å². The van der Waals surface area contributed by atoms with Crippen LogP contribution < -0.4 is 14.8 Å². The number of amides is 1. The molecule has 0 saturated heterocycles. The van der Waals surface area contributed by atoms with Gasteiger partial charge in [0.05, 0.1) is 37.6 Å². The summed E-state index contributed by atoms with van der Waals surface area (Å²) in [6.45, 7) is 4.96. The number of Topliss-reactive ketones (excluding diaryl/α,β-unsaturated/α-hetero) is 1. The molecule has 38 heavy (non-hydrogen) atoms. The van der Waals surface area contributed by atoms with Gasteiger partial charge in [-0.1, -0.05) is 12.1 Å². The van der Waals surface area contributed by atoms with E-state index in [1.807, 2.05) is 0 Å². The van der Waals surface area contributed by atoms with Gasteiger partial charge < -0.3 is 29.0 Å². The van der Waals surface area contributed by atoms with Crippen molar-refractivity contribution in [2.45, 2.75) is 50.8 Å². The monoisotopic (exact) mass is 539 g/mol. The van der Waals surface area contributed by atoms with Crippen LogP contribution in [0.5, 0.6) is 11.5 Å². The van der Waals surface area contributed by atoms with E-state index in [1.165, 1.54) is 31.4 Å². The molecule has 0 spiro atoms. The second-order valence-electron chi connectivity index (χ2n) is 9.36. The van der Waals surface area contributed by atoms with Crippen molar-refractivity contribution in [3.05, 3.63) is 59.2 Å². The van der Waals surface area contributed by atoms with E-state index in [-0.39, 0.29) is 23.5 Å². The second-order valence-corrected chi connectivity index (χ2v) is 9.36. The highest BCUT2D eigenvalue weighted by atomic mass is 19.4. The maximum atomic E-state index is 13.4. The van der Waals surface area contributed by atoms with Gasteiger partial charge in [0.15, 0.2) is 12.1 Å². The minimum atomic E-state index is -4.66. The number of fused-ring (bicyclic) bond motifs is 1. The molecule has 1 aliphatic heterocycles. The third-order valence-electron chi connectivity index (χ3n) is 5.48. The Morgan fingerprint density at radius 2 is 1.79 bits per heavy atom. The Morgan fingerprint density at radius 3 is 2.39 bits per heavy atom. The zero-order chi connectivity index (χ0) is 28.3. The number of alkyl halides is 3. The topological polar surface area (TPSA) is 109 Å². The Kier molecular flexibility index (Phi) is 8.55. The molecule has 3 rings (SSSR count). The minimum Gasteiger partial charge on any atom is -0.497 e. The molecule has 0 aromatic heterocycles. The molecule has 12 heteroatoms. The Bertz CT molecular complexity index is 1190. The molecule has 1 amide bonds. The van der Waals surface area contributed by atoms with Gasteiger partial charge in [0.2, 0.25) is 11.9 Å². The summed E-state index contributed by atoms with van der Waals surface area (Å²) in [6.07, 6.45) is -8.97. The second kappa shape index (κ2) is 11.3. The molecule has 0 bridgehead atoms. The highest BCUT2D eigenvalue weighted by Crippen LogP contribution is 2.40. The van der Waals surface area contributed by atoms with E-state index in [0.29, 0.717) is 5.75 Å². The first kappa shape index (κ1) is 28.8. The van der Waals surface area contributed by atoms with E-state index in [0.717, 1.165) is 25.3 Å². The van der Waals surface area contributed by atoms with Gasteiger partial charge in [-0.25, -0.2) is 9.59 Å². The molecule has 2 aromatic carbocycles. The Hall–Kier alpha value is -3.80. The van der Waals surface area contributed by atoms with Gasteiger partial charge in [-0.15, -0.1) is 0 Å².